The molecule has 9 nitrogen and oxygen atoms in total. The molecule has 0 spiro atoms. The number of nitrogens with zero attached hydrogens (tertiary/aromatic N) is 3. The predicted octanol–water partition coefficient (Wildman–Crippen LogP) is 3.95. The number of aryl methyl sites for hydroxylation is 1. The van der Waals surface area contributed by atoms with Gasteiger partial charge in [-0.05, 0) is 54.1 Å². The number of rotatable bonds is 6. The Morgan fingerprint density at radius 3 is 2.36 bits per heavy atom. The zero-order chi connectivity index (χ0) is 26.2. The molecule has 36 heavy (non-hydrogen) atoms. The Hall–Kier alpha value is -4.09. The molecule has 0 radical (unpaired) electrons. The average molecular weight is 510 g/mol. The molecule has 0 aliphatic rings. The highest BCUT2D eigenvalue weighted by atomic mass is 32.2. The van der Waals surface area contributed by atoms with Gasteiger partial charge in [-0.2, -0.15) is 13.5 Å². The van der Waals surface area contributed by atoms with E-state index in [0.29, 0.717) is 16.6 Å². The zero-order valence-corrected chi connectivity index (χ0v) is 20.9. The number of halogens is 1. The highest BCUT2D eigenvalue weighted by molar-refractivity contribution is 7.86. The fourth-order valence-corrected chi connectivity index (χ4v) is 4.57. The molecule has 1 aromatic heterocycles. The number of amidine groups is 1. The smallest absolute Gasteiger partial charge is 0.298 e. The number of amides is 1. The molecule has 0 fully saturated rings. The van der Waals surface area contributed by atoms with Crippen molar-refractivity contribution in [2.75, 3.05) is 26.5 Å². The second-order valence-electron chi connectivity index (χ2n) is 8.26. The largest absolute Gasteiger partial charge is 0.363 e. The summed E-state index contributed by atoms with van der Waals surface area (Å²) in [4.78, 5) is 14.6. The SMILES string of the molecule is COS(=O)(=O)c1cc2ccccc2cc1-n1nc(C)cc1C(=O)Nc1ccc(C(=N)N(C)C)cc1F. The van der Waals surface area contributed by atoms with Crippen molar-refractivity contribution in [3.05, 3.63) is 83.4 Å². The summed E-state index contributed by atoms with van der Waals surface area (Å²) in [5.41, 5.74) is 0.819. The van der Waals surface area contributed by atoms with E-state index in [-0.39, 0.29) is 27.8 Å². The number of anilines is 1. The standard InChI is InChI=1S/C25H24FN5O4S/c1-15-11-22(25(32)28-20-10-9-18(12-19(20)26)24(27)30(2)3)31(29-15)21-13-16-7-5-6-8-17(16)14-23(21)36(33,34)35-4/h5-14,27H,1-4H3,(H,28,32). The van der Waals surface area contributed by atoms with Crippen molar-refractivity contribution in [1.82, 2.24) is 14.7 Å². The Kier molecular flexibility index (Phi) is 6.61. The molecule has 0 saturated heterocycles. The van der Waals surface area contributed by atoms with E-state index in [1.807, 2.05) is 0 Å². The molecular weight excluding hydrogens is 485 g/mol. The third kappa shape index (κ3) is 4.70. The first-order valence-corrected chi connectivity index (χ1v) is 12.2. The van der Waals surface area contributed by atoms with Crippen molar-refractivity contribution >= 4 is 38.3 Å². The summed E-state index contributed by atoms with van der Waals surface area (Å²) in [7, 11) is 0.232. The van der Waals surface area contributed by atoms with Crippen LogP contribution in [0.4, 0.5) is 10.1 Å². The first kappa shape index (κ1) is 25.0. The molecule has 11 heteroatoms. The molecule has 1 heterocycles. The summed E-state index contributed by atoms with van der Waals surface area (Å²) in [6.45, 7) is 1.65. The zero-order valence-electron chi connectivity index (χ0n) is 20.0. The van der Waals surface area contributed by atoms with Crippen LogP contribution >= 0.6 is 0 Å². The summed E-state index contributed by atoms with van der Waals surface area (Å²) in [5.74, 6) is -1.30. The van der Waals surface area contributed by atoms with Crippen molar-refractivity contribution in [1.29, 1.82) is 5.41 Å². The Bertz CT molecular complexity index is 1610. The quantitative estimate of drug-likeness (QED) is 0.231. The van der Waals surface area contributed by atoms with Crippen LogP contribution in [0, 0.1) is 18.2 Å². The average Bonchev–Trinajstić information content (AvgIpc) is 3.25. The van der Waals surface area contributed by atoms with Crippen LogP contribution in [0.3, 0.4) is 0 Å². The van der Waals surface area contributed by atoms with Gasteiger partial charge in [-0.15, -0.1) is 0 Å². The molecule has 0 atom stereocenters. The van der Waals surface area contributed by atoms with E-state index in [2.05, 4.69) is 10.4 Å². The van der Waals surface area contributed by atoms with E-state index in [9.17, 15) is 17.6 Å². The lowest BCUT2D eigenvalue weighted by Gasteiger charge is -2.15. The van der Waals surface area contributed by atoms with Crippen LogP contribution in [-0.2, 0) is 14.3 Å². The molecule has 3 aromatic carbocycles. The van der Waals surface area contributed by atoms with Gasteiger partial charge in [0.15, 0.2) is 0 Å². The molecule has 4 rings (SSSR count). The molecular formula is C25H24FN5O4S. The number of nitrogens with one attached hydrogen (secondary N) is 2. The van der Waals surface area contributed by atoms with Crippen LogP contribution < -0.4 is 5.32 Å². The van der Waals surface area contributed by atoms with Crippen LogP contribution in [0.25, 0.3) is 16.5 Å². The van der Waals surface area contributed by atoms with Gasteiger partial charge in [0.1, 0.15) is 22.2 Å². The fraction of sp³-hybridized carbons (Fsp3) is 0.160. The molecule has 0 aliphatic carbocycles. The maximum absolute atomic E-state index is 14.8. The molecule has 0 saturated carbocycles. The monoisotopic (exact) mass is 509 g/mol. The number of benzene rings is 3. The number of aromatic nitrogens is 2. The van der Waals surface area contributed by atoms with Gasteiger partial charge in [0.25, 0.3) is 16.0 Å². The summed E-state index contributed by atoms with van der Waals surface area (Å²) < 4.78 is 46.3. The second kappa shape index (κ2) is 9.51. The van der Waals surface area contributed by atoms with E-state index < -0.39 is 21.8 Å². The van der Waals surface area contributed by atoms with E-state index in [4.69, 9.17) is 9.59 Å². The lowest BCUT2D eigenvalue weighted by molar-refractivity contribution is 0.101. The molecule has 0 aliphatic heterocycles. The van der Waals surface area contributed by atoms with Crippen LogP contribution in [0.15, 0.2) is 65.6 Å². The van der Waals surface area contributed by atoms with Gasteiger partial charge < -0.3 is 10.2 Å². The van der Waals surface area contributed by atoms with Crippen LogP contribution in [0.2, 0.25) is 0 Å². The van der Waals surface area contributed by atoms with Gasteiger partial charge >= 0.3 is 0 Å². The summed E-state index contributed by atoms with van der Waals surface area (Å²) in [6.07, 6.45) is 0. The molecule has 4 aromatic rings. The highest BCUT2D eigenvalue weighted by Crippen LogP contribution is 2.29. The molecule has 0 unspecified atom stereocenters. The number of hydrogen-bond donors (Lipinski definition) is 2. The van der Waals surface area contributed by atoms with Crippen LogP contribution in [0.1, 0.15) is 21.7 Å². The van der Waals surface area contributed by atoms with E-state index in [0.717, 1.165) is 18.6 Å². The van der Waals surface area contributed by atoms with Crippen molar-refractivity contribution in [3.8, 4) is 5.69 Å². The highest BCUT2D eigenvalue weighted by Gasteiger charge is 2.25. The third-order valence-electron chi connectivity index (χ3n) is 5.55. The van der Waals surface area contributed by atoms with Crippen molar-refractivity contribution in [2.45, 2.75) is 11.8 Å². The predicted molar refractivity (Wildman–Crippen MR) is 135 cm³/mol. The number of carbonyl (C=O) groups excluding carboxylic acids is 1. The minimum atomic E-state index is -4.16. The third-order valence-corrected chi connectivity index (χ3v) is 6.85. The summed E-state index contributed by atoms with van der Waals surface area (Å²) >= 11 is 0. The Labute approximate surface area is 207 Å². The van der Waals surface area contributed by atoms with E-state index >= 15 is 0 Å². The second-order valence-corrected chi connectivity index (χ2v) is 9.94. The van der Waals surface area contributed by atoms with Gasteiger partial charge in [0, 0.05) is 19.7 Å². The normalized spacial score (nSPS) is 11.5. The topological polar surface area (TPSA) is 117 Å². The Morgan fingerprint density at radius 1 is 1.08 bits per heavy atom. The van der Waals surface area contributed by atoms with Gasteiger partial charge in [-0.25, -0.2) is 9.07 Å². The number of carbonyl (C=O) groups is 1. The maximum Gasteiger partial charge on any atom is 0.298 e. The molecule has 1 amide bonds. The number of hydrogen-bond acceptors (Lipinski definition) is 6. The summed E-state index contributed by atoms with van der Waals surface area (Å²) in [5, 5.41) is 16.3. The summed E-state index contributed by atoms with van der Waals surface area (Å²) in [6, 6.07) is 15.7. The molecule has 2 N–H and O–H groups in total. The van der Waals surface area contributed by atoms with Crippen LogP contribution in [0.5, 0.6) is 0 Å². The molecule has 0 bridgehead atoms. The fourth-order valence-electron chi connectivity index (χ4n) is 3.72. The van der Waals surface area contributed by atoms with E-state index in [1.165, 1.54) is 33.8 Å². The van der Waals surface area contributed by atoms with Crippen LogP contribution in [-0.4, -0.2) is 56.0 Å². The molecule has 186 valence electrons. The van der Waals surface area contributed by atoms with Gasteiger partial charge in [-0.1, -0.05) is 24.3 Å². The minimum absolute atomic E-state index is 0.000143. The van der Waals surface area contributed by atoms with E-state index in [1.54, 1.807) is 51.4 Å². The van der Waals surface area contributed by atoms with Gasteiger partial charge in [0.2, 0.25) is 0 Å². The van der Waals surface area contributed by atoms with Crippen molar-refractivity contribution in [3.63, 3.8) is 0 Å². The minimum Gasteiger partial charge on any atom is -0.363 e. The lowest BCUT2D eigenvalue weighted by atomic mass is 10.1. The first-order chi connectivity index (χ1) is 17.0. The van der Waals surface area contributed by atoms with Crippen molar-refractivity contribution < 1.29 is 21.8 Å². The van der Waals surface area contributed by atoms with Crippen molar-refractivity contribution in [2.24, 2.45) is 0 Å². The Balaban J connectivity index is 1.79. The number of fused-ring (bicyclic) bond motifs is 1. The van der Waals surface area contributed by atoms with Gasteiger partial charge in [0.05, 0.1) is 24.2 Å². The van der Waals surface area contributed by atoms with Gasteiger partial charge in [-0.3, -0.25) is 14.4 Å². The Morgan fingerprint density at radius 2 is 1.75 bits per heavy atom. The lowest BCUT2D eigenvalue weighted by Crippen LogP contribution is -2.22. The first-order valence-electron chi connectivity index (χ1n) is 10.8. The maximum atomic E-state index is 14.8.